The van der Waals surface area contributed by atoms with Crippen LogP contribution in [0, 0.1) is 5.92 Å². The highest BCUT2D eigenvalue weighted by atomic mass is 32.2. The zero-order valence-electron chi connectivity index (χ0n) is 12.8. The van der Waals surface area contributed by atoms with Crippen LogP contribution in [0.3, 0.4) is 0 Å². The van der Waals surface area contributed by atoms with E-state index in [1.807, 2.05) is 19.4 Å². The van der Waals surface area contributed by atoms with Gasteiger partial charge >= 0.3 is 0 Å². The Morgan fingerprint density at radius 3 is 2.81 bits per heavy atom. The van der Waals surface area contributed by atoms with Crippen LogP contribution in [0.1, 0.15) is 24.6 Å². The third-order valence-corrected chi connectivity index (χ3v) is 7.02. The van der Waals surface area contributed by atoms with Crippen molar-refractivity contribution in [2.75, 3.05) is 27.3 Å². The molecular weight excluding hydrogens is 308 g/mol. The lowest BCUT2D eigenvalue weighted by Gasteiger charge is -2.28. The third kappa shape index (κ3) is 3.84. The number of sulfonamides is 1. The summed E-state index contributed by atoms with van der Waals surface area (Å²) in [6, 6.07) is 1.75. The maximum Gasteiger partial charge on any atom is 0.244 e. The van der Waals surface area contributed by atoms with E-state index in [1.165, 1.54) is 11.3 Å². The van der Waals surface area contributed by atoms with Crippen molar-refractivity contribution >= 4 is 21.4 Å². The summed E-state index contributed by atoms with van der Waals surface area (Å²) in [4.78, 5) is 1.30. The fourth-order valence-corrected chi connectivity index (χ4v) is 5.62. The summed E-state index contributed by atoms with van der Waals surface area (Å²) in [5.41, 5.74) is 0. The minimum atomic E-state index is -3.46. The molecule has 0 radical (unpaired) electrons. The predicted molar refractivity (Wildman–Crippen MR) is 85.0 cm³/mol. The molecule has 1 aromatic rings. The average Bonchev–Trinajstić information content (AvgIpc) is 3.19. The zero-order chi connectivity index (χ0) is 15.5. The monoisotopic (exact) mass is 332 g/mol. The van der Waals surface area contributed by atoms with E-state index in [0.29, 0.717) is 30.5 Å². The molecule has 1 saturated carbocycles. The predicted octanol–water partition coefficient (Wildman–Crippen LogP) is 1.90. The van der Waals surface area contributed by atoms with Gasteiger partial charge in [-0.2, -0.15) is 4.31 Å². The van der Waals surface area contributed by atoms with E-state index < -0.39 is 10.0 Å². The fraction of sp³-hybridized carbons (Fsp3) is 0.714. The van der Waals surface area contributed by atoms with Crippen molar-refractivity contribution in [3.63, 3.8) is 0 Å². The summed E-state index contributed by atoms with van der Waals surface area (Å²) in [6.07, 6.45) is 2.24. The Labute approximate surface area is 131 Å². The van der Waals surface area contributed by atoms with Gasteiger partial charge in [0.2, 0.25) is 10.0 Å². The first-order valence-electron chi connectivity index (χ1n) is 7.24. The second-order valence-electron chi connectivity index (χ2n) is 5.42. The highest BCUT2D eigenvalue weighted by Crippen LogP contribution is 2.37. The average molecular weight is 332 g/mol. The Hall–Kier alpha value is -0.470. The summed E-state index contributed by atoms with van der Waals surface area (Å²) in [5.74, 6) is 0.489. The molecular formula is C14H24N2O3S2. The highest BCUT2D eigenvalue weighted by Gasteiger charge is 2.38. The number of hydrogen-bond donors (Lipinski definition) is 1. The number of ether oxygens (including phenoxy) is 1. The zero-order valence-corrected chi connectivity index (χ0v) is 14.5. The topological polar surface area (TPSA) is 58.6 Å². The van der Waals surface area contributed by atoms with Crippen LogP contribution in [0.2, 0.25) is 0 Å². The molecule has 0 aliphatic heterocycles. The van der Waals surface area contributed by atoms with Gasteiger partial charge in [-0.05, 0) is 44.2 Å². The first kappa shape index (κ1) is 16.9. The van der Waals surface area contributed by atoms with Crippen LogP contribution in [-0.2, 0) is 21.3 Å². The van der Waals surface area contributed by atoms with Crippen molar-refractivity contribution in [2.45, 2.75) is 37.2 Å². The van der Waals surface area contributed by atoms with Crippen LogP contribution >= 0.6 is 11.3 Å². The molecule has 2 rings (SSSR count). The molecule has 0 bridgehead atoms. The van der Waals surface area contributed by atoms with E-state index >= 15 is 0 Å². The van der Waals surface area contributed by atoms with Crippen LogP contribution in [0.4, 0.5) is 0 Å². The van der Waals surface area contributed by atoms with Crippen molar-refractivity contribution in [1.29, 1.82) is 0 Å². The smallest absolute Gasteiger partial charge is 0.244 e. The largest absolute Gasteiger partial charge is 0.383 e. The van der Waals surface area contributed by atoms with Gasteiger partial charge in [0.1, 0.15) is 0 Å². The molecule has 1 aromatic heterocycles. The van der Waals surface area contributed by atoms with Gasteiger partial charge in [0.05, 0.1) is 11.5 Å². The molecule has 0 saturated heterocycles. The summed E-state index contributed by atoms with van der Waals surface area (Å²) in [6.45, 7) is 3.41. The van der Waals surface area contributed by atoms with Crippen LogP contribution in [-0.4, -0.2) is 46.1 Å². The van der Waals surface area contributed by atoms with E-state index in [1.54, 1.807) is 17.5 Å². The molecule has 1 unspecified atom stereocenters. The second-order valence-corrected chi connectivity index (χ2v) is 8.28. The Kier molecular flexibility index (Phi) is 5.79. The fourth-order valence-electron chi connectivity index (χ4n) is 2.51. The van der Waals surface area contributed by atoms with E-state index in [0.717, 1.165) is 17.7 Å². The van der Waals surface area contributed by atoms with Crippen LogP contribution in [0.5, 0.6) is 0 Å². The quantitative estimate of drug-likeness (QED) is 0.750. The Morgan fingerprint density at radius 2 is 2.24 bits per heavy atom. The van der Waals surface area contributed by atoms with Crippen LogP contribution < -0.4 is 5.32 Å². The molecule has 21 heavy (non-hydrogen) atoms. The van der Waals surface area contributed by atoms with Gasteiger partial charge in [0, 0.05) is 31.1 Å². The number of methoxy groups -OCH3 is 1. The van der Waals surface area contributed by atoms with Crippen molar-refractivity contribution in [3.8, 4) is 0 Å². The number of hydrogen-bond acceptors (Lipinski definition) is 5. The normalized spacial score (nSPS) is 17.3. The minimum absolute atomic E-state index is 0.0347. The molecule has 120 valence electrons. The maximum absolute atomic E-state index is 13.0. The third-order valence-electron chi connectivity index (χ3n) is 3.90. The molecule has 1 aliphatic carbocycles. The Morgan fingerprint density at radius 1 is 1.52 bits per heavy atom. The number of rotatable bonds is 9. The van der Waals surface area contributed by atoms with Gasteiger partial charge in [-0.25, -0.2) is 8.42 Å². The van der Waals surface area contributed by atoms with Gasteiger partial charge in [-0.3, -0.25) is 0 Å². The SMILES string of the molecule is CNCc1sccc1S(=O)(=O)N(CCOC)C(C)C1CC1. The summed E-state index contributed by atoms with van der Waals surface area (Å²) >= 11 is 1.48. The first-order chi connectivity index (χ1) is 10.0. The Balaban J connectivity index is 2.29. The van der Waals surface area contributed by atoms with Crippen LogP contribution in [0.15, 0.2) is 16.3 Å². The van der Waals surface area contributed by atoms with Gasteiger partial charge in [0.25, 0.3) is 0 Å². The summed E-state index contributed by atoms with van der Waals surface area (Å²) in [7, 11) is -0.0375. The van der Waals surface area contributed by atoms with Crippen molar-refractivity contribution in [2.24, 2.45) is 5.92 Å². The van der Waals surface area contributed by atoms with E-state index in [2.05, 4.69) is 5.32 Å². The Bertz CT molecular complexity index is 552. The highest BCUT2D eigenvalue weighted by molar-refractivity contribution is 7.89. The number of nitrogens with one attached hydrogen (secondary N) is 1. The maximum atomic E-state index is 13.0. The molecule has 7 heteroatoms. The standard InChI is InChI=1S/C14H24N2O3S2/c1-11(12-4-5-12)16(7-8-19-3)21(17,18)14-6-9-20-13(14)10-15-2/h6,9,11-12,15H,4-5,7-8,10H2,1-3H3. The van der Waals surface area contributed by atoms with Gasteiger partial charge in [-0.1, -0.05) is 0 Å². The molecule has 1 heterocycles. The van der Waals surface area contributed by atoms with Crippen molar-refractivity contribution in [3.05, 3.63) is 16.3 Å². The van der Waals surface area contributed by atoms with Crippen molar-refractivity contribution in [1.82, 2.24) is 9.62 Å². The van der Waals surface area contributed by atoms with Gasteiger partial charge < -0.3 is 10.1 Å². The second kappa shape index (κ2) is 7.19. The number of nitrogens with zero attached hydrogens (tertiary/aromatic N) is 1. The van der Waals surface area contributed by atoms with Gasteiger partial charge in [-0.15, -0.1) is 11.3 Å². The summed E-state index contributed by atoms with van der Waals surface area (Å²) < 4.78 is 32.8. The number of thiophene rings is 1. The molecule has 0 aromatic carbocycles. The molecule has 0 amide bonds. The molecule has 1 aliphatic rings. The molecule has 5 nitrogen and oxygen atoms in total. The minimum Gasteiger partial charge on any atom is -0.383 e. The lowest BCUT2D eigenvalue weighted by atomic mass is 10.2. The van der Waals surface area contributed by atoms with E-state index in [4.69, 9.17) is 4.74 Å². The molecule has 1 N–H and O–H groups in total. The van der Waals surface area contributed by atoms with E-state index in [-0.39, 0.29) is 6.04 Å². The van der Waals surface area contributed by atoms with Gasteiger partial charge in [0.15, 0.2) is 0 Å². The lowest BCUT2D eigenvalue weighted by molar-refractivity contribution is 0.164. The van der Waals surface area contributed by atoms with E-state index in [9.17, 15) is 8.42 Å². The lowest BCUT2D eigenvalue weighted by Crippen LogP contribution is -2.42. The molecule has 1 fully saturated rings. The summed E-state index contributed by atoms with van der Waals surface area (Å²) in [5, 5.41) is 4.87. The van der Waals surface area contributed by atoms with Crippen LogP contribution in [0.25, 0.3) is 0 Å². The van der Waals surface area contributed by atoms with Crippen molar-refractivity contribution < 1.29 is 13.2 Å². The molecule has 0 spiro atoms. The molecule has 1 atom stereocenters. The first-order valence-corrected chi connectivity index (χ1v) is 9.56.